The molecule has 0 fully saturated rings. The van der Waals surface area contributed by atoms with Gasteiger partial charge < -0.3 is 49.8 Å². The topological polar surface area (TPSA) is 195 Å². The van der Waals surface area contributed by atoms with Crippen molar-refractivity contribution in [1.29, 1.82) is 0 Å². The Bertz CT molecular complexity index is 2360. The quantitative estimate of drug-likeness (QED) is 0.0369. The Morgan fingerprint density at radius 1 is 0.817 bits per heavy atom. The van der Waals surface area contributed by atoms with Crippen LogP contribution in [0.5, 0.6) is 11.5 Å². The first kappa shape index (κ1) is 43.1. The van der Waals surface area contributed by atoms with E-state index < -0.39 is 5.97 Å². The third kappa shape index (κ3) is 12.0. The van der Waals surface area contributed by atoms with E-state index in [-0.39, 0.29) is 48.6 Å². The summed E-state index contributed by atoms with van der Waals surface area (Å²) in [5.74, 6) is 0.152. The summed E-state index contributed by atoms with van der Waals surface area (Å²) < 4.78 is 27.6. The molecule has 16 heteroatoms. The normalized spacial score (nSPS) is 13.8. The molecule has 60 heavy (non-hydrogen) atoms. The number of aliphatic hydroxyl groups excluding tert-OH is 1. The van der Waals surface area contributed by atoms with Gasteiger partial charge in [-0.05, 0) is 73.2 Å². The number of aliphatic hydroxyl groups is 1. The number of benzene rings is 4. The average Bonchev–Trinajstić information content (AvgIpc) is 3.56. The number of para-hydroxylation sites is 2. The highest BCUT2D eigenvalue weighted by molar-refractivity contribution is 8.18. The van der Waals surface area contributed by atoms with E-state index in [0.717, 1.165) is 22.7 Å². The minimum atomic E-state index is -0.670. The van der Waals surface area contributed by atoms with Crippen LogP contribution in [0.25, 0.3) is 17.0 Å². The van der Waals surface area contributed by atoms with Gasteiger partial charge in [-0.25, -0.2) is 14.8 Å². The molecule has 0 bridgehead atoms. The molecule has 0 saturated carbocycles. The second-order valence-electron chi connectivity index (χ2n) is 12.8. The maximum atomic E-state index is 12.8. The van der Waals surface area contributed by atoms with Crippen LogP contribution >= 0.6 is 11.8 Å². The van der Waals surface area contributed by atoms with Gasteiger partial charge in [0.1, 0.15) is 28.8 Å². The largest absolute Gasteiger partial charge is 0.506 e. The van der Waals surface area contributed by atoms with Crippen LogP contribution in [0.4, 0.5) is 23.1 Å². The lowest BCUT2D eigenvalue weighted by atomic mass is 10.1. The number of esters is 1. The molecule has 2 heterocycles. The lowest BCUT2D eigenvalue weighted by Crippen LogP contribution is -2.27. The Hall–Kier alpha value is -6.46. The van der Waals surface area contributed by atoms with Gasteiger partial charge >= 0.3 is 5.97 Å². The number of nitrogens with one attached hydrogen (secondary N) is 3. The van der Waals surface area contributed by atoms with E-state index in [9.17, 15) is 19.8 Å². The van der Waals surface area contributed by atoms with Gasteiger partial charge in [-0.3, -0.25) is 4.79 Å². The van der Waals surface area contributed by atoms with Crippen molar-refractivity contribution in [2.75, 3.05) is 77.1 Å². The number of ether oxygens (including phenoxy) is 5. The van der Waals surface area contributed by atoms with Crippen LogP contribution in [-0.2, 0) is 23.7 Å². The Morgan fingerprint density at radius 2 is 1.55 bits per heavy atom. The Labute approximate surface area is 351 Å². The Balaban J connectivity index is 0.835. The number of fused-ring (bicyclic) bond motifs is 1. The van der Waals surface area contributed by atoms with Crippen molar-refractivity contribution in [2.24, 2.45) is 4.99 Å². The number of amides is 1. The predicted molar refractivity (Wildman–Crippen MR) is 233 cm³/mol. The number of aromatic nitrogens is 2. The molecule has 312 valence electrons. The molecule has 5 N–H and O–H groups in total. The fourth-order valence-electron chi connectivity index (χ4n) is 5.79. The van der Waals surface area contributed by atoms with Crippen molar-refractivity contribution in [3.63, 3.8) is 0 Å². The van der Waals surface area contributed by atoms with E-state index in [1.54, 1.807) is 55.5 Å². The van der Waals surface area contributed by atoms with E-state index in [4.69, 9.17) is 23.7 Å². The molecular weight excluding hydrogens is 789 g/mol. The number of rotatable bonds is 21. The summed E-state index contributed by atoms with van der Waals surface area (Å²) in [6, 6.07) is 28.8. The van der Waals surface area contributed by atoms with Crippen molar-refractivity contribution < 1.29 is 43.5 Å². The van der Waals surface area contributed by atoms with Gasteiger partial charge in [-0.1, -0.05) is 54.2 Å². The number of aliphatic imine (C=N–C) groups is 1. The lowest BCUT2D eigenvalue weighted by molar-refractivity contribution is -0.138. The fraction of sp³-hybridized carbons (Fsp3) is 0.250. The van der Waals surface area contributed by atoms with E-state index >= 15 is 0 Å². The first-order valence-corrected chi connectivity index (χ1v) is 20.1. The van der Waals surface area contributed by atoms with Crippen molar-refractivity contribution in [1.82, 2.24) is 15.3 Å². The number of phenols is 1. The van der Waals surface area contributed by atoms with Gasteiger partial charge in [0.25, 0.3) is 5.91 Å². The van der Waals surface area contributed by atoms with Gasteiger partial charge in [-0.2, -0.15) is 4.98 Å². The van der Waals surface area contributed by atoms with Crippen LogP contribution in [0.3, 0.4) is 0 Å². The summed E-state index contributed by atoms with van der Waals surface area (Å²) in [6.07, 6.45) is 1.64. The molecule has 0 radical (unpaired) electrons. The minimum Gasteiger partial charge on any atom is -0.506 e. The van der Waals surface area contributed by atoms with E-state index in [2.05, 4.69) is 30.9 Å². The molecule has 1 amide bonds. The summed E-state index contributed by atoms with van der Waals surface area (Å²) in [6.45, 7) is 4.37. The number of carbonyl (C=O) groups is 2. The zero-order chi connectivity index (χ0) is 42.1. The van der Waals surface area contributed by atoms with Gasteiger partial charge in [0, 0.05) is 30.2 Å². The summed E-state index contributed by atoms with van der Waals surface area (Å²) in [5.41, 5.74) is 3.16. The smallest absolute Gasteiger partial charge is 0.344 e. The second kappa shape index (κ2) is 22.1. The van der Waals surface area contributed by atoms with Crippen LogP contribution in [0.1, 0.15) is 22.8 Å². The maximum absolute atomic E-state index is 12.8. The molecule has 5 aromatic rings. The summed E-state index contributed by atoms with van der Waals surface area (Å²) >= 11 is 1.13. The van der Waals surface area contributed by atoms with Crippen molar-refractivity contribution in [2.45, 2.75) is 6.92 Å². The summed E-state index contributed by atoms with van der Waals surface area (Å²) in [4.78, 5) is 39.5. The third-order valence-electron chi connectivity index (χ3n) is 8.62. The number of aromatic hydroxyl groups is 1. The molecule has 1 aliphatic rings. The molecule has 15 nitrogen and oxygen atoms in total. The number of thioether (sulfide) groups is 1. The van der Waals surface area contributed by atoms with Crippen LogP contribution in [0.2, 0.25) is 0 Å². The summed E-state index contributed by atoms with van der Waals surface area (Å²) in [7, 11) is 1.81. The molecule has 0 atom stereocenters. The standard InChI is InChI=1S/C44H46N6O9S/c1-3-58-43(54)38-39(52)37(60-42(38)47-31-11-5-4-6-12-31)27-29-16-17-36(35(51)26-29)59-25-24-57-23-22-56-21-20-55-19-18-46-41(53)30-10-9-13-32(28-30)48-44-49-34-15-8-7-14-33(34)40(45-2)50-44/h4-17,26-28,51-52H,3,18-25H2,1-2H3,(H,46,53)(H2,45,48,49,50). The first-order valence-electron chi connectivity index (χ1n) is 19.3. The SMILES string of the molecule is CCOC(=O)C1=C(O)C(=Cc2ccc(OCCOCCOCCOCCNC(=O)c3cccc(Nc4nc(NC)c5ccccc5n4)c3)c(O)c2)SC1=Nc1ccccc1. The Morgan fingerprint density at radius 3 is 2.30 bits per heavy atom. The Kier molecular flexibility index (Phi) is 15.9. The van der Waals surface area contributed by atoms with E-state index in [1.165, 1.54) is 6.07 Å². The highest BCUT2D eigenvalue weighted by Crippen LogP contribution is 2.41. The number of nitrogens with zero attached hydrogens (tertiary/aromatic N) is 3. The fourth-order valence-corrected chi connectivity index (χ4v) is 6.83. The van der Waals surface area contributed by atoms with Crippen molar-refractivity contribution in [3.05, 3.63) is 124 Å². The molecule has 1 aromatic heterocycles. The van der Waals surface area contributed by atoms with Crippen LogP contribution in [-0.4, -0.2) is 104 Å². The molecule has 0 spiro atoms. The highest BCUT2D eigenvalue weighted by atomic mass is 32.2. The molecular formula is C44H46N6O9S. The first-order chi connectivity index (χ1) is 29.3. The van der Waals surface area contributed by atoms with Gasteiger partial charge in [0.05, 0.1) is 62.4 Å². The third-order valence-corrected chi connectivity index (χ3v) is 9.64. The minimum absolute atomic E-state index is 0.0102. The molecule has 4 aromatic carbocycles. The lowest BCUT2D eigenvalue weighted by Gasteiger charge is -2.11. The number of anilines is 3. The highest BCUT2D eigenvalue weighted by Gasteiger charge is 2.33. The van der Waals surface area contributed by atoms with Crippen molar-refractivity contribution >= 4 is 68.8 Å². The molecule has 0 saturated heterocycles. The van der Waals surface area contributed by atoms with E-state index in [0.29, 0.717) is 83.8 Å². The molecule has 0 aliphatic carbocycles. The number of phenolic OH excluding ortho intramolecular Hbond substituents is 1. The van der Waals surface area contributed by atoms with Gasteiger partial charge in [0.2, 0.25) is 5.95 Å². The second-order valence-corrected chi connectivity index (χ2v) is 13.9. The number of carbonyl (C=O) groups excluding carboxylic acids is 2. The van der Waals surface area contributed by atoms with Gasteiger partial charge in [-0.15, -0.1) is 0 Å². The predicted octanol–water partition coefficient (Wildman–Crippen LogP) is 7.17. The zero-order valence-corrected chi connectivity index (χ0v) is 34.0. The summed E-state index contributed by atoms with van der Waals surface area (Å²) in [5, 5.41) is 31.9. The van der Waals surface area contributed by atoms with E-state index in [1.807, 2.05) is 55.6 Å². The van der Waals surface area contributed by atoms with Crippen LogP contribution in [0, 0.1) is 0 Å². The zero-order valence-electron chi connectivity index (χ0n) is 33.2. The molecule has 1 aliphatic heterocycles. The molecule has 0 unspecified atom stereocenters. The van der Waals surface area contributed by atoms with Crippen LogP contribution < -0.4 is 20.7 Å². The van der Waals surface area contributed by atoms with Crippen LogP contribution in [0.15, 0.2) is 118 Å². The molecule has 6 rings (SSSR count). The van der Waals surface area contributed by atoms with Crippen molar-refractivity contribution in [3.8, 4) is 11.5 Å². The van der Waals surface area contributed by atoms with Gasteiger partial charge in [0.15, 0.2) is 11.5 Å². The average molecular weight is 835 g/mol. The number of hydrogen-bond donors (Lipinski definition) is 5. The maximum Gasteiger partial charge on any atom is 0.344 e. The monoisotopic (exact) mass is 834 g/mol. The number of hydrogen-bond acceptors (Lipinski definition) is 15.